The van der Waals surface area contributed by atoms with Crippen LogP contribution in [0.5, 0.6) is 0 Å². The van der Waals surface area contributed by atoms with E-state index in [1.54, 1.807) is 13.8 Å². The Hall–Kier alpha value is -2.21. The van der Waals surface area contributed by atoms with Crippen LogP contribution in [0.3, 0.4) is 0 Å². The molecule has 2 aromatic carbocycles. The van der Waals surface area contributed by atoms with E-state index >= 15 is 0 Å². The number of ether oxygens (including phenoxy) is 4. The molecule has 2 aromatic rings. The lowest BCUT2D eigenvalue weighted by atomic mass is 9.96. The number of rotatable bonds is 7. The number of carbonyl (C=O) groups excluding carboxylic acids is 1. The minimum atomic E-state index is -4.54. The van der Waals surface area contributed by atoms with Crippen molar-refractivity contribution in [1.29, 1.82) is 0 Å². The molecule has 5 rings (SSSR count). The molecule has 3 saturated heterocycles. The van der Waals surface area contributed by atoms with Crippen molar-refractivity contribution in [2.75, 3.05) is 19.7 Å². The minimum Gasteiger partial charge on any atom is -0.371 e. The Kier molecular flexibility index (Phi) is 6.55. The van der Waals surface area contributed by atoms with Crippen LogP contribution in [0.25, 0.3) is 0 Å². The van der Waals surface area contributed by atoms with E-state index < -0.39 is 41.2 Å². The number of hydrogen-bond acceptors (Lipinski definition) is 6. The molecule has 5 atom stereocenters. The molecule has 0 aliphatic carbocycles. The maximum Gasteiger partial charge on any atom is 0.416 e. The van der Waals surface area contributed by atoms with Crippen LogP contribution in [0.2, 0.25) is 5.02 Å². The number of alkyl halides is 3. The maximum absolute atomic E-state index is 13.0. The molecule has 2 unspecified atom stereocenters. The molecule has 194 valence electrons. The fraction of sp³-hybridized carbons (Fsp3) is 0.480. The van der Waals surface area contributed by atoms with E-state index in [0.29, 0.717) is 11.6 Å². The number of amides is 1. The van der Waals surface area contributed by atoms with Gasteiger partial charge in [-0.25, -0.2) is 0 Å². The zero-order valence-corrected chi connectivity index (χ0v) is 20.4. The number of benzene rings is 2. The smallest absolute Gasteiger partial charge is 0.371 e. The second-order valence-electron chi connectivity index (χ2n) is 9.62. The minimum absolute atomic E-state index is 0.00878. The van der Waals surface area contributed by atoms with Gasteiger partial charge in [0.05, 0.1) is 24.8 Å². The van der Waals surface area contributed by atoms with Gasteiger partial charge in [-0.1, -0.05) is 35.9 Å². The van der Waals surface area contributed by atoms with E-state index in [1.807, 2.05) is 24.3 Å². The van der Waals surface area contributed by atoms with E-state index in [4.69, 9.17) is 30.5 Å². The molecule has 0 spiro atoms. The van der Waals surface area contributed by atoms with Crippen molar-refractivity contribution < 1.29 is 36.9 Å². The lowest BCUT2D eigenvalue weighted by Crippen LogP contribution is -2.52. The Labute approximate surface area is 211 Å². The normalized spacial score (nSPS) is 30.7. The number of halogens is 4. The summed E-state index contributed by atoms with van der Waals surface area (Å²) in [5.41, 5.74) is -1.07. The van der Waals surface area contributed by atoms with Crippen LogP contribution in [-0.2, 0) is 25.1 Å². The molecule has 3 aliphatic heterocycles. The van der Waals surface area contributed by atoms with Crippen molar-refractivity contribution >= 4 is 17.5 Å². The van der Waals surface area contributed by atoms with Gasteiger partial charge in [-0.15, -0.1) is 0 Å². The zero-order chi connectivity index (χ0) is 25.7. The maximum atomic E-state index is 13.0. The first-order chi connectivity index (χ1) is 17.0. The Bertz CT molecular complexity index is 1150. The van der Waals surface area contributed by atoms with E-state index in [9.17, 15) is 18.0 Å². The van der Waals surface area contributed by atoms with Crippen molar-refractivity contribution in [1.82, 2.24) is 10.6 Å². The summed E-state index contributed by atoms with van der Waals surface area (Å²) in [5, 5.41) is 6.64. The second-order valence-corrected chi connectivity index (χ2v) is 10.0. The van der Waals surface area contributed by atoms with Crippen molar-refractivity contribution in [2.24, 2.45) is 0 Å². The number of fused-ring (bicyclic) bond motifs is 1. The van der Waals surface area contributed by atoms with Crippen LogP contribution in [-0.4, -0.2) is 55.4 Å². The summed E-state index contributed by atoms with van der Waals surface area (Å²) < 4.78 is 63.1. The molecule has 0 saturated carbocycles. The molecule has 1 amide bonds. The molecule has 7 nitrogen and oxygen atoms in total. The Morgan fingerprint density at radius 1 is 1.17 bits per heavy atom. The van der Waals surface area contributed by atoms with Gasteiger partial charge < -0.3 is 24.3 Å². The van der Waals surface area contributed by atoms with Gasteiger partial charge in [0.25, 0.3) is 5.91 Å². The number of nitrogens with one attached hydrogen (secondary N) is 2. The summed E-state index contributed by atoms with van der Waals surface area (Å²) in [6.45, 7) is 4.09. The topological polar surface area (TPSA) is 81.4 Å². The highest BCUT2D eigenvalue weighted by Crippen LogP contribution is 2.44. The molecule has 36 heavy (non-hydrogen) atoms. The summed E-state index contributed by atoms with van der Waals surface area (Å²) in [6.07, 6.45) is -5.83. The van der Waals surface area contributed by atoms with Crippen LogP contribution in [0.4, 0.5) is 13.2 Å². The van der Waals surface area contributed by atoms with E-state index in [2.05, 4.69) is 10.6 Å². The molecule has 3 fully saturated rings. The van der Waals surface area contributed by atoms with E-state index in [0.717, 1.165) is 17.7 Å². The fourth-order valence-electron chi connectivity index (χ4n) is 4.81. The average Bonchev–Trinajstić information content (AvgIpc) is 3.44. The first-order valence-corrected chi connectivity index (χ1v) is 11.9. The Morgan fingerprint density at radius 2 is 1.94 bits per heavy atom. The molecule has 0 aromatic heterocycles. The zero-order valence-electron chi connectivity index (χ0n) is 19.6. The lowest BCUT2D eigenvalue weighted by Gasteiger charge is -2.27. The largest absolute Gasteiger partial charge is 0.416 e. The standard InChI is InChI=1S/C25H26ClF3N2O5/c1-23(2)35-20-18(11-30-22-19(34-22)16-8-3-4-9-17(16)26)33-13-24(20,36-23)12-31-21(32)14-6-5-7-15(10-14)25(27,28)29/h3-10,18-20,22,30H,11-13H2,1-2H3,(H,31,32)/t18-,19?,20-,22?,24+/m1/s1. The predicted octanol–water partition coefficient (Wildman–Crippen LogP) is 4.06. The molecule has 3 heterocycles. The molecular weight excluding hydrogens is 501 g/mol. The van der Waals surface area contributed by atoms with Gasteiger partial charge in [0.1, 0.15) is 24.0 Å². The van der Waals surface area contributed by atoms with Crippen LogP contribution in [0, 0.1) is 0 Å². The molecule has 0 bridgehead atoms. The van der Waals surface area contributed by atoms with Crippen LogP contribution in [0.15, 0.2) is 48.5 Å². The van der Waals surface area contributed by atoms with Gasteiger partial charge in [0.2, 0.25) is 0 Å². The SMILES string of the molecule is CC1(C)O[C@@H]2[C@@H](CNC3OC3c3ccccc3Cl)OC[C@]2(CNC(=O)c2cccc(C(F)(F)F)c2)O1. The molecule has 0 radical (unpaired) electrons. The van der Waals surface area contributed by atoms with Gasteiger partial charge in [-0.2, -0.15) is 13.2 Å². The van der Waals surface area contributed by atoms with E-state index in [1.165, 1.54) is 12.1 Å². The molecule has 3 aliphatic rings. The third-order valence-electron chi connectivity index (χ3n) is 6.48. The highest BCUT2D eigenvalue weighted by molar-refractivity contribution is 6.31. The van der Waals surface area contributed by atoms with Gasteiger partial charge >= 0.3 is 6.18 Å². The fourth-order valence-corrected chi connectivity index (χ4v) is 5.05. The van der Waals surface area contributed by atoms with Crippen molar-refractivity contribution in [3.8, 4) is 0 Å². The van der Waals surface area contributed by atoms with Crippen LogP contribution >= 0.6 is 11.6 Å². The summed E-state index contributed by atoms with van der Waals surface area (Å²) in [4.78, 5) is 12.7. The summed E-state index contributed by atoms with van der Waals surface area (Å²) in [5.74, 6) is -1.57. The van der Waals surface area contributed by atoms with Crippen LogP contribution < -0.4 is 10.6 Å². The summed E-state index contributed by atoms with van der Waals surface area (Å²) in [6, 6.07) is 11.7. The average molecular weight is 527 g/mol. The van der Waals surface area contributed by atoms with Gasteiger partial charge in [0, 0.05) is 22.7 Å². The summed E-state index contributed by atoms with van der Waals surface area (Å²) in [7, 11) is 0. The van der Waals surface area contributed by atoms with Gasteiger partial charge in [-0.3, -0.25) is 10.1 Å². The quantitative estimate of drug-likeness (QED) is 0.530. The predicted molar refractivity (Wildman–Crippen MR) is 123 cm³/mol. The summed E-state index contributed by atoms with van der Waals surface area (Å²) >= 11 is 6.25. The first-order valence-electron chi connectivity index (χ1n) is 11.6. The molecular formula is C25H26ClF3N2O5. The van der Waals surface area contributed by atoms with E-state index in [-0.39, 0.29) is 31.0 Å². The van der Waals surface area contributed by atoms with Gasteiger partial charge in [-0.05, 0) is 38.1 Å². The number of carbonyl (C=O) groups is 1. The third-order valence-corrected chi connectivity index (χ3v) is 6.83. The highest BCUT2D eigenvalue weighted by atomic mass is 35.5. The third kappa shape index (κ3) is 5.11. The lowest BCUT2D eigenvalue weighted by molar-refractivity contribution is -0.188. The number of epoxide rings is 1. The highest BCUT2D eigenvalue weighted by Gasteiger charge is 2.61. The molecule has 2 N–H and O–H groups in total. The second kappa shape index (κ2) is 9.27. The van der Waals surface area contributed by atoms with Crippen molar-refractivity contribution in [3.63, 3.8) is 0 Å². The Balaban J connectivity index is 1.21. The number of hydrogen-bond donors (Lipinski definition) is 2. The van der Waals surface area contributed by atoms with Crippen molar-refractivity contribution in [2.45, 2.75) is 56.0 Å². The first kappa shape index (κ1) is 25.4. The van der Waals surface area contributed by atoms with Crippen molar-refractivity contribution in [3.05, 3.63) is 70.2 Å². The van der Waals surface area contributed by atoms with Crippen LogP contribution in [0.1, 0.15) is 41.4 Å². The molecule has 11 heteroatoms. The monoisotopic (exact) mass is 526 g/mol. The van der Waals surface area contributed by atoms with Gasteiger partial charge in [0.15, 0.2) is 5.79 Å². The Morgan fingerprint density at radius 3 is 2.69 bits per heavy atom.